The summed E-state index contributed by atoms with van der Waals surface area (Å²) in [6, 6.07) is 13.1. The lowest BCUT2D eigenvalue weighted by Crippen LogP contribution is -2.29. The molecule has 0 aliphatic rings. The van der Waals surface area contributed by atoms with Crippen LogP contribution in [0.2, 0.25) is 0 Å². The number of para-hydroxylation sites is 1. The highest BCUT2D eigenvalue weighted by atomic mass is 16.5. The zero-order valence-electron chi connectivity index (χ0n) is 16.4. The van der Waals surface area contributed by atoms with Crippen molar-refractivity contribution in [2.24, 2.45) is 0 Å². The van der Waals surface area contributed by atoms with Crippen LogP contribution in [0.3, 0.4) is 0 Å². The molecule has 0 radical (unpaired) electrons. The zero-order valence-corrected chi connectivity index (χ0v) is 16.4. The Hall–Kier alpha value is -3.15. The molecule has 1 amide bonds. The third kappa shape index (κ3) is 4.39. The largest absolute Gasteiger partial charge is 0.494 e. The van der Waals surface area contributed by atoms with Crippen molar-refractivity contribution in [3.05, 3.63) is 70.3 Å². The molecule has 146 valence electrons. The Bertz CT molecular complexity index is 1040. The Balaban J connectivity index is 1.64. The molecule has 1 aromatic heterocycles. The molecule has 0 spiro atoms. The number of carbonyl (C=O) groups is 1. The van der Waals surface area contributed by atoms with E-state index < -0.39 is 0 Å². The predicted molar refractivity (Wildman–Crippen MR) is 110 cm³/mol. The molecule has 6 heteroatoms. The van der Waals surface area contributed by atoms with E-state index in [4.69, 9.17) is 4.74 Å². The van der Waals surface area contributed by atoms with Crippen LogP contribution in [-0.4, -0.2) is 22.1 Å². The number of aromatic nitrogens is 2. The van der Waals surface area contributed by atoms with Gasteiger partial charge in [0.25, 0.3) is 5.56 Å². The van der Waals surface area contributed by atoms with Gasteiger partial charge in [0.1, 0.15) is 5.75 Å². The summed E-state index contributed by atoms with van der Waals surface area (Å²) in [5, 5.41) is 3.54. The Kier molecular flexibility index (Phi) is 6.09. The van der Waals surface area contributed by atoms with Crippen LogP contribution in [0.5, 0.6) is 5.75 Å². The van der Waals surface area contributed by atoms with Gasteiger partial charge in [0, 0.05) is 13.0 Å². The number of benzene rings is 2. The van der Waals surface area contributed by atoms with Crippen molar-refractivity contribution in [1.82, 2.24) is 14.9 Å². The molecule has 0 aliphatic heterocycles. The van der Waals surface area contributed by atoms with Crippen LogP contribution in [-0.2, 0) is 11.3 Å². The van der Waals surface area contributed by atoms with E-state index in [1.807, 2.05) is 57.2 Å². The van der Waals surface area contributed by atoms with Crippen molar-refractivity contribution in [3.63, 3.8) is 0 Å². The first-order valence-electron chi connectivity index (χ1n) is 9.46. The van der Waals surface area contributed by atoms with Gasteiger partial charge in [-0.3, -0.25) is 14.2 Å². The standard InChI is InChI=1S/C22H25N3O3/c1-4-28-18-9-6-8-17(13-18)16(3)24-20(26)11-12-25-14-23-21-15(2)7-5-10-19(21)22(25)27/h5-10,13-14,16H,4,11-12H2,1-3H3,(H,24,26). The number of rotatable bonds is 7. The van der Waals surface area contributed by atoms with E-state index in [9.17, 15) is 9.59 Å². The molecular weight excluding hydrogens is 354 g/mol. The molecule has 0 saturated heterocycles. The number of hydrogen-bond donors (Lipinski definition) is 1. The maximum absolute atomic E-state index is 12.6. The summed E-state index contributed by atoms with van der Waals surface area (Å²) in [5.74, 6) is 0.663. The van der Waals surface area contributed by atoms with E-state index in [1.54, 1.807) is 6.07 Å². The van der Waals surface area contributed by atoms with Gasteiger partial charge in [0.05, 0.1) is 29.9 Å². The van der Waals surface area contributed by atoms with Crippen molar-refractivity contribution in [2.75, 3.05) is 6.61 Å². The lowest BCUT2D eigenvalue weighted by atomic mass is 10.1. The van der Waals surface area contributed by atoms with Gasteiger partial charge in [-0.15, -0.1) is 0 Å². The minimum atomic E-state index is -0.151. The second-order valence-electron chi connectivity index (χ2n) is 6.76. The summed E-state index contributed by atoms with van der Waals surface area (Å²) in [5.41, 5.74) is 2.51. The highest BCUT2D eigenvalue weighted by Gasteiger charge is 2.12. The monoisotopic (exact) mass is 379 g/mol. The second kappa shape index (κ2) is 8.69. The normalized spacial score (nSPS) is 12.0. The quantitative estimate of drug-likeness (QED) is 0.683. The van der Waals surface area contributed by atoms with Crippen molar-refractivity contribution >= 4 is 16.8 Å². The fourth-order valence-electron chi connectivity index (χ4n) is 3.16. The fourth-order valence-corrected chi connectivity index (χ4v) is 3.16. The van der Waals surface area contributed by atoms with Crippen LogP contribution in [0.4, 0.5) is 0 Å². The SMILES string of the molecule is CCOc1cccc(C(C)NC(=O)CCn2cnc3c(C)cccc3c2=O)c1. The highest BCUT2D eigenvalue weighted by Crippen LogP contribution is 2.19. The number of nitrogens with one attached hydrogen (secondary N) is 1. The smallest absolute Gasteiger partial charge is 0.261 e. The average Bonchev–Trinajstić information content (AvgIpc) is 2.68. The van der Waals surface area contributed by atoms with E-state index >= 15 is 0 Å². The van der Waals surface area contributed by atoms with Gasteiger partial charge in [-0.2, -0.15) is 0 Å². The molecule has 1 N–H and O–H groups in total. The van der Waals surface area contributed by atoms with Gasteiger partial charge < -0.3 is 10.1 Å². The highest BCUT2D eigenvalue weighted by molar-refractivity contribution is 5.80. The molecule has 2 aromatic carbocycles. The summed E-state index contributed by atoms with van der Waals surface area (Å²) in [6.07, 6.45) is 1.72. The Morgan fingerprint density at radius 2 is 2.04 bits per heavy atom. The summed E-state index contributed by atoms with van der Waals surface area (Å²) >= 11 is 0. The van der Waals surface area contributed by atoms with Gasteiger partial charge in [-0.05, 0) is 50.1 Å². The van der Waals surface area contributed by atoms with Gasteiger partial charge in [-0.1, -0.05) is 24.3 Å². The minimum Gasteiger partial charge on any atom is -0.494 e. The lowest BCUT2D eigenvalue weighted by Gasteiger charge is -2.16. The zero-order chi connectivity index (χ0) is 20.1. The molecule has 1 atom stereocenters. The molecule has 3 rings (SSSR count). The number of aryl methyl sites for hydroxylation is 2. The molecule has 0 saturated carbocycles. The summed E-state index contributed by atoms with van der Waals surface area (Å²) < 4.78 is 6.99. The molecule has 1 unspecified atom stereocenters. The lowest BCUT2D eigenvalue weighted by molar-refractivity contribution is -0.121. The minimum absolute atomic E-state index is 0.120. The average molecular weight is 379 g/mol. The number of hydrogen-bond acceptors (Lipinski definition) is 4. The van der Waals surface area contributed by atoms with E-state index in [-0.39, 0.29) is 30.5 Å². The Morgan fingerprint density at radius 1 is 1.25 bits per heavy atom. The summed E-state index contributed by atoms with van der Waals surface area (Å²) in [6.45, 7) is 6.66. The van der Waals surface area contributed by atoms with Crippen LogP contribution in [0, 0.1) is 6.92 Å². The van der Waals surface area contributed by atoms with Crippen molar-refractivity contribution in [2.45, 2.75) is 39.8 Å². The third-order valence-corrected chi connectivity index (χ3v) is 4.68. The maximum Gasteiger partial charge on any atom is 0.261 e. The van der Waals surface area contributed by atoms with Crippen molar-refractivity contribution in [1.29, 1.82) is 0 Å². The predicted octanol–water partition coefficient (Wildman–Crippen LogP) is 3.37. The molecular formula is C22H25N3O3. The van der Waals surface area contributed by atoms with E-state index in [0.717, 1.165) is 16.9 Å². The van der Waals surface area contributed by atoms with Crippen LogP contribution in [0.1, 0.15) is 37.4 Å². The summed E-state index contributed by atoms with van der Waals surface area (Å²) in [4.78, 5) is 29.3. The van der Waals surface area contributed by atoms with Crippen molar-refractivity contribution < 1.29 is 9.53 Å². The van der Waals surface area contributed by atoms with Crippen LogP contribution in [0.25, 0.3) is 10.9 Å². The van der Waals surface area contributed by atoms with Gasteiger partial charge >= 0.3 is 0 Å². The second-order valence-corrected chi connectivity index (χ2v) is 6.76. The maximum atomic E-state index is 12.6. The van der Waals surface area contributed by atoms with Crippen LogP contribution < -0.4 is 15.6 Å². The van der Waals surface area contributed by atoms with Crippen molar-refractivity contribution in [3.8, 4) is 5.75 Å². The Labute approximate surface area is 164 Å². The molecule has 0 bridgehead atoms. The summed E-state index contributed by atoms with van der Waals surface area (Å²) in [7, 11) is 0. The molecule has 3 aromatic rings. The molecule has 6 nitrogen and oxygen atoms in total. The van der Waals surface area contributed by atoms with E-state index in [1.165, 1.54) is 10.9 Å². The number of carbonyl (C=O) groups excluding carboxylic acids is 1. The Morgan fingerprint density at radius 3 is 2.82 bits per heavy atom. The first-order chi connectivity index (χ1) is 13.5. The number of amides is 1. The van der Waals surface area contributed by atoms with E-state index in [0.29, 0.717) is 17.5 Å². The number of ether oxygens (including phenoxy) is 1. The molecule has 1 heterocycles. The number of fused-ring (bicyclic) bond motifs is 1. The first-order valence-corrected chi connectivity index (χ1v) is 9.46. The molecule has 0 aliphatic carbocycles. The van der Waals surface area contributed by atoms with E-state index in [2.05, 4.69) is 10.3 Å². The number of nitrogens with zero attached hydrogens (tertiary/aromatic N) is 2. The van der Waals surface area contributed by atoms with Gasteiger partial charge in [-0.25, -0.2) is 4.98 Å². The fraction of sp³-hybridized carbons (Fsp3) is 0.318. The first kappa shape index (κ1) is 19.6. The van der Waals surface area contributed by atoms with Gasteiger partial charge in [0.15, 0.2) is 0 Å². The third-order valence-electron chi connectivity index (χ3n) is 4.68. The molecule has 28 heavy (non-hydrogen) atoms. The topological polar surface area (TPSA) is 73.2 Å². The molecule has 0 fully saturated rings. The van der Waals surface area contributed by atoms with Gasteiger partial charge in [0.2, 0.25) is 5.91 Å². The van der Waals surface area contributed by atoms with Crippen LogP contribution >= 0.6 is 0 Å². The van der Waals surface area contributed by atoms with Crippen LogP contribution in [0.15, 0.2) is 53.6 Å².